The number of nitrogens with zero attached hydrogens (tertiary/aromatic N) is 5. The van der Waals surface area contributed by atoms with Crippen molar-refractivity contribution in [3.63, 3.8) is 0 Å². The third kappa shape index (κ3) is 4.37. The van der Waals surface area contributed by atoms with Gasteiger partial charge in [-0.2, -0.15) is 0 Å². The number of aryl methyl sites for hydroxylation is 1. The smallest absolute Gasteiger partial charge is 0.132 e. The van der Waals surface area contributed by atoms with E-state index in [2.05, 4.69) is 45.1 Å². The van der Waals surface area contributed by atoms with Crippen LogP contribution in [0.25, 0.3) is 10.9 Å². The van der Waals surface area contributed by atoms with E-state index in [4.69, 9.17) is 14.5 Å². The zero-order valence-electron chi connectivity index (χ0n) is 18.4. The van der Waals surface area contributed by atoms with Crippen molar-refractivity contribution >= 4 is 22.8 Å². The second-order valence-electron chi connectivity index (χ2n) is 8.77. The molecule has 0 radical (unpaired) electrons. The normalized spacial score (nSPS) is 26.5. The van der Waals surface area contributed by atoms with Crippen LogP contribution >= 0.6 is 0 Å². The minimum Gasteiger partial charge on any atom is -0.490 e. The summed E-state index contributed by atoms with van der Waals surface area (Å²) in [5, 5.41) is 0.992. The summed E-state index contributed by atoms with van der Waals surface area (Å²) >= 11 is 0. The molecule has 1 saturated carbocycles. The van der Waals surface area contributed by atoms with E-state index in [1.165, 1.54) is 0 Å². The fourth-order valence-corrected chi connectivity index (χ4v) is 4.93. The fraction of sp³-hybridized carbons (Fsp3) is 0.542. The molecular formula is C24H31N5O2. The van der Waals surface area contributed by atoms with Gasteiger partial charge in [0.2, 0.25) is 0 Å². The van der Waals surface area contributed by atoms with Gasteiger partial charge in [-0.05, 0) is 50.7 Å². The van der Waals surface area contributed by atoms with Gasteiger partial charge in [-0.15, -0.1) is 0 Å². The standard InChI is InChI=1S/C24H31N5O2/c1-17-26-16-21-22(27-17)14-19(29-10-12-30-13-11-29)15-23(21)31-20-6-4-18(5-7-20)24-25-8-3-9-28(24)2/h3,8-9,14-16,18,20,24H,4-7,10-13H2,1-2H3. The number of aliphatic imine (C=N–C) groups is 1. The molecule has 7 nitrogen and oxygen atoms in total. The number of ether oxygens (including phenoxy) is 2. The Morgan fingerprint density at radius 1 is 1.10 bits per heavy atom. The molecule has 164 valence electrons. The lowest BCUT2D eigenvalue weighted by Crippen LogP contribution is -2.38. The van der Waals surface area contributed by atoms with Crippen molar-refractivity contribution in [2.45, 2.75) is 44.9 Å². The van der Waals surface area contributed by atoms with Crippen LogP contribution in [-0.2, 0) is 4.74 Å². The number of allylic oxidation sites excluding steroid dienone is 1. The minimum absolute atomic E-state index is 0.217. The van der Waals surface area contributed by atoms with Crippen molar-refractivity contribution < 1.29 is 9.47 Å². The maximum Gasteiger partial charge on any atom is 0.132 e. The van der Waals surface area contributed by atoms with Crippen LogP contribution in [0.2, 0.25) is 0 Å². The number of benzene rings is 1. The molecule has 2 aromatic rings. The van der Waals surface area contributed by atoms with Gasteiger partial charge in [0.05, 0.1) is 30.2 Å². The molecule has 0 bridgehead atoms. The lowest BCUT2D eigenvalue weighted by atomic mass is 9.84. The van der Waals surface area contributed by atoms with Crippen molar-refractivity contribution in [1.82, 2.24) is 14.9 Å². The van der Waals surface area contributed by atoms with E-state index in [1.54, 1.807) is 0 Å². The third-order valence-corrected chi connectivity index (χ3v) is 6.64. The highest BCUT2D eigenvalue weighted by molar-refractivity contribution is 5.88. The lowest BCUT2D eigenvalue weighted by molar-refractivity contribution is 0.102. The van der Waals surface area contributed by atoms with Crippen molar-refractivity contribution in [2.24, 2.45) is 10.9 Å². The number of rotatable bonds is 4. The molecule has 1 aromatic heterocycles. The van der Waals surface area contributed by atoms with Gasteiger partial charge < -0.3 is 19.3 Å². The number of morpholine rings is 1. The Morgan fingerprint density at radius 2 is 1.90 bits per heavy atom. The van der Waals surface area contributed by atoms with E-state index >= 15 is 0 Å². The van der Waals surface area contributed by atoms with Crippen LogP contribution in [0.5, 0.6) is 5.75 Å². The molecule has 1 aromatic carbocycles. The molecule has 5 rings (SSSR count). The number of hydrogen-bond donors (Lipinski definition) is 0. The maximum absolute atomic E-state index is 6.60. The van der Waals surface area contributed by atoms with E-state index in [-0.39, 0.29) is 12.3 Å². The molecule has 2 fully saturated rings. The van der Waals surface area contributed by atoms with Gasteiger partial charge in [0.1, 0.15) is 17.7 Å². The molecule has 1 saturated heterocycles. The predicted molar refractivity (Wildman–Crippen MR) is 123 cm³/mol. The van der Waals surface area contributed by atoms with Crippen molar-refractivity contribution in [2.75, 3.05) is 38.3 Å². The first kappa shape index (κ1) is 20.2. The number of fused-ring (bicyclic) bond motifs is 1. The van der Waals surface area contributed by atoms with E-state index < -0.39 is 0 Å². The van der Waals surface area contributed by atoms with Crippen molar-refractivity contribution in [1.29, 1.82) is 0 Å². The van der Waals surface area contributed by atoms with Crippen molar-refractivity contribution in [3.8, 4) is 5.75 Å². The molecule has 3 aliphatic rings. The molecular weight excluding hydrogens is 390 g/mol. The highest BCUT2D eigenvalue weighted by Gasteiger charge is 2.30. The van der Waals surface area contributed by atoms with Crippen LogP contribution in [-0.4, -0.2) is 66.7 Å². The van der Waals surface area contributed by atoms with Crippen LogP contribution in [0.15, 0.2) is 35.6 Å². The van der Waals surface area contributed by atoms with E-state index in [0.29, 0.717) is 5.92 Å². The average molecular weight is 422 g/mol. The van der Waals surface area contributed by atoms with Crippen molar-refractivity contribution in [3.05, 3.63) is 36.4 Å². The van der Waals surface area contributed by atoms with Crippen LogP contribution in [0, 0.1) is 12.8 Å². The summed E-state index contributed by atoms with van der Waals surface area (Å²) in [4.78, 5) is 18.4. The van der Waals surface area contributed by atoms with Gasteiger partial charge in [-0.3, -0.25) is 4.99 Å². The number of hydrogen-bond acceptors (Lipinski definition) is 7. The van der Waals surface area contributed by atoms with Gasteiger partial charge in [0, 0.05) is 50.5 Å². The lowest BCUT2D eigenvalue weighted by Gasteiger charge is -2.37. The third-order valence-electron chi connectivity index (χ3n) is 6.64. The van der Waals surface area contributed by atoms with Crippen LogP contribution < -0.4 is 9.64 Å². The fourth-order valence-electron chi connectivity index (χ4n) is 4.93. The molecule has 31 heavy (non-hydrogen) atoms. The molecule has 1 unspecified atom stereocenters. The van der Waals surface area contributed by atoms with Crippen LogP contribution in [0.4, 0.5) is 5.69 Å². The predicted octanol–water partition coefficient (Wildman–Crippen LogP) is 3.57. The summed E-state index contributed by atoms with van der Waals surface area (Å²) in [5.41, 5.74) is 2.10. The summed E-state index contributed by atoms with van der Waals surface area (Å²) in [7, 11) is 2.12. The minimum atomic E-state index is 0.217. The van der Waals surface area contributed by atoms with Gasteiger partial charge in [-0.25, -0.2) is 9.97 Å². The van der Waals surface area contributed by atoms with Gasteiger partial charge >= 0.3 is 0 Å². The Kier molecular flexibility index (Phi) is 5.76. The van der Waals surface area contributed by atoms with E-state index in [0.717, 1.165) is 80.2 Å². The largest absolute Gasteiger partial charge is 0.490 e. The van der Waals surface area contributed by atoms with Gasteiger partial charge in [0.15, 0.2) is 0 Å². The average Bonchev–Trinajstić information content (AvgIpc) is 2.80. The number of aromatic nitrogens is 2. The monoisotopic (exact) mass is 421 g/mol. The van der Waals surface area contributed by atoms with Crippen LogP contribution in [0.1, 0.15) is 31.5 Å². The Bertz CT molecular complexity index is 977. The Labute approximate surface area is 183 Å². The highest BCUT2D eigenvalue weighted by atomic mass is 16.5. The summed E-state index contributed by atoms with van der Waals surface area (Å²) in [6.07, 6.45) is 12.8. The first-order valence-corrected chi connectivity index (χ1v) is 11.4. The molecule has 7 heteroatoms. The summed E-state index contributed by atoms with van der Waals surface area (Å²) in [6.45, 7) is 5.24. The SMILES string of the molecule is Cc1ncc2c(OC3CCC(C4N=CC=CN4C)CC3)cc(N3CCOCC3)cc2n1. The Balaban J connectivity index is 1.34. The molecule has 1 atom stereocenters. The topological polar surface area (TPSA) is 63.1 Å². The summed E-state index contributed by atoms with van der Waals surface area (Å²) < 4.78 is 12.1. The Morgan fingerprint density at radius 3 is 2.68 bits per heavy atom. The first-order valence-electron chi connectivity index (χ1n) is 11.4. The molecule has 2 aliphatic heterocycles. The van der Waals surface area contributed by atoms with E-state index in [9.17, 15) is 0 Å². The molecule has 0 amide bonds. The van der Waals surface area contributed by atoms with Gasteiger partial charge in [0.25, 0.3) is 0 Å². The molecule has 0 spiro atoms. The maximum atomic E-state index is 6.60. The quantitative estimate of drug-likeness (QED) is 0.752. The van der Waals surface area contributed by atoms with E-state index in [1.807, 2.05) is 25.4 Å². The zero-order chi connectivity index (χ0) is 21.2. The van der Waals surface area contributed by atoms with Gasteiger partial charge in [-0.1, -0.05) is 0 Å². The molecule has 0 N–H and O–H groups in total. The summed E-state index contributed by atoms with van der Waals surface area (Å²) in [6, 6.07) is 4.33. The first-order chi connectivity index (χ1) is 15.2. The second-order valence-corrected chi connectivity index (χ2v) is 8.77. The van der Waals surface area contributed by atoms with Crippen LogP contribution in [0.3, 0.4) is 0 Å². The second kappa shape index (κ2) is 8.83. The molecule has 1 aliphatic carbocycles. The Hall–Kier alpha value is -2.67. The summed E-state index contributed by atoms with van der Waals surface area (Å²) in [5.74, 6) is 2.26. The zero-order valence-corrected chi connectivity index (χ0v) is 18.4. The highest BCUT2D eigenvalue weighted by Crippen LogP contribution is 2.36. The molecule has 3 heterocycles. The number of anilines is 1.